The number of hydrogen-bond acceptors (Lipinski definition) is 3. The molecule has 2 aromatic rings. The molecule has 2 aromatic carbocycles. The molecule has 0 aromatic heterocycles. The highest BCUT2D eigenvalue weighted by Gasteiger charge is 2.33. The molecule has 22 heavy (non-hydrogen) atoms. The standard InChI is InChI=1S/C17H20NO3P/c19-22(18-15-9-7-8-10-15,20-16-11-3-1-4-12-16)21-17-13-5-2-6-14-17/h1-6,11-15H,7-10H2,(H,18,19). The molecule has 0 saturated heterocycles. The predicted molar refractivity (Wildman–Crippen MR) is 87.1 cm³/mol. The maximum Gasteiger partial charge on any atom is 0.513 e. The van der Waals surface area contributed by atoms with E-state index in [-0.39, 0.29) is 6.04 Å². The third kappa shape index (κ3) is 4.12. The van der Waals surface area contributed by atoms with Crippen LogP contribution < -0.4 is 14.1 Å². The van der Waals surface area contributed by atoms with E-state index in [0.29, 0.717) is 11.5 Å². The van der Waals surface area contributed by atoms with Gasteiger partial charge < -0.3 is 9.05 Å². The summed E-state index contributed by atoms with van der Waals surface area (Å²) in [4.78, 5) is 0. The van der Waals surface area contributed by atoms with Crippen molar-refractivity contribution in [1.82, 2.24) is 5.09 Å². The summed E-state index contributed by atoms with van der Waals surface area (Å²) in [7, 11) is -3.46. The molecule has 0 heterocycles. The third-order valence-electron chi connectivity index (χ3n) is 3.63. The topological polar surface area (TPSA) is 47.6 Å². The smallest absolute Gasteiger partial charge is 0.405 e. The van der Waals surface area contributed by atoms with E-state index in [9.17, 15) is 4.57 Å². The maximum atomic E-state index is 13.2. The second-order valence-electron chi connectivity index (χ2n) is 5.42. The number of hydrogen-bond donors (Lipinski definition) is 1. The van der Waals surface area contributed by atoms with Crippen LogP contribution >= 0.6 is 7.75 Å². The average molecular weight is 317 g/mol. The van der Waals surface area contributed by atoms with Crippen molar-refractivity contribution in [2.24, 2.45) is 0 Å². The van der Waals surface area contributed by atoms with Crippen LogP contribution in [0.25, 0.3) is 0 Å². The van der Waals surface area contributed by atoms with E-state index in [4.69, 9.17) is 9.05 Å². The Bertz CT molecular complexity index is 581. The van der Waals surface area contributed by atoms with Gasteiger partial charge in [0, 0.05) is 6.04 Å². The molecule has 0 spiro atoms. The number of benzene rings is 2. The fourth-order valence-corrected chi connectivity index (χ4v) is 4.24. The molecular weight excluding hydrogens is 297 g/mol. The van der Waals surface area contributed by atoms with Crippen molar-refractivity contribution in [3.8, 4) is 11.5 Å². The van der Waals surface area contributed by atoms with Crippen molar-refractivity contribution < 1.29 is 13.6 Å². The van der Waals surface area contributed by atoms with Gasteiger partial charge in [-0.25, -0.2) is 4.57 Å². The molecule has 0 aliphatic heterocycles. The quantitative estimate of drug-likeness (QED) is 0.779. The summed E-state index contributed by atoms with van der Waals surface area (Å²) in [5.41, 5.74) is 0. The van der Waals surface area contributed by atoms with E-state index in [1.54, 1.807) is 24.3 Å². The molecule has 1 aliphatic rings. The molecule has 1 fully saturated rings. The van der Waals surface area contributed by atoms with Crippen LogP contribution in [-0.4, -0.2) is 6.04 Å². The van der Waals surface area contributed by atoms with Gasteiger partial charge in [0.25, 0.3) is 0 Å². The van der Waals surface area contributed by atoms with Gasteiger partial charge in [0.2, 0.25) is 0 Å². The zero-order valence-electron chi connectivity index (χ0n) is 12.4. The molecule has 0 bridgehead atoms. The van der Waals surface area contributed by atoms with Gasteiger partial charge in [-0.2, -0.15) is 5.09 Å². The number of para-hydroxylation sites is 2. The van der Waals surface area contributed by atoms with Gasteiger partial charge in [-0.15, -0.1) is 0 Å². The first-order valence-corrected chi connectivity index (χ1v) is 9.15. The zero-order chi connectivity index (χ0) is 15.3. The molecule has 0 amide bonds. The Balaban J connectivity index is 1.79. The van der Waals surface area contributed by atoms with Gasteiger partial charge >= 0.3 is 7.75 Å². The van der Waals surface area contributed by atoms with Gasteiger partial charge in [0.15, 0.2) is 0 Å². The second kappa shape index (κ2) is 6.99. The highest BCUT2D eigenvalue weighted by Crippen LogP contribution is 2.46. The fourth-order valence-electron chi connectivity index (χ4n) is 2.59. The molecule has 1 aliphatic carbocycles. The first-order valence-electron chi connectivity index (χ1n) is 7.61. The van der Waals surface area contributed by atoms with E-state index in [2.05, 4.69) is 5.09 Å². The molecule has 3 rings (SSSR count). The Labute approximate surface area is 131 Å². The van der Waals surface area contributed by atoms with Crippen LogP contribution in [-0.2, 0) is 4.57 Å². The normalized spacial score (nSPS) is 15.6. The lowest BCUT2D eigenvalue weighted by atomic mass is 10.3. The lowest BCUT2D eigenvalue weighted by Gasteiger charge is -2.23. The summed E-state index contributed by atoms with van der Waals surface area (Å²) in [6.07, 6.45) is 4.29. The van der Waals surface area contributed by atoms with Gasteiger partial charge in [-0.1, -0.05) is 49.2 Å². The summed E-state index contributed by atoms with van der Waals surface area (Å²) in [6.45, 7) is 0. The highest BCUT2D eigenvalue weighted by molar-refractivity contribution is 7.52. The Morgan fingerprint density at radius 1 is 0.818 bits per heavy atom. The molecule has 5 heteroatoms. The second-order valence-corrected chi connectivity index (χ2v) is 7.03. The molecule has 0 atom stereocenters. The van der Waals surface area contributed by atoms with Crippen molar-refractivity contribution in [3.63, 3.8) is 0 Å². The van der Waals surface area contributed by atoms with Crippen LogP contribution in [0.3, 0.4) is 0 Å². The van der Waals surface area contributed by atoms with Crippen molar-refractivity contribution in [2.75, 3.05) is 0 Å². The summed E-state index contributed by atoms with van der Waals surface area (Å²) in [5, 5.41) is 3.10. The zero-order valence-corrected chi connectivity index (χ0v) is 13.2. The molecule has 0 unspecified atom stereocenters. The lowest BCUT2D eigenvalue weighted by Crippen LogP contribution is -2.27. The van der Waals surface area contributed by atoms with Crippen molar-refractivity contribution in [1.29, 1.82) is 0 Å². The Morgan fingerprint density at radius 2 is 1.27 bits per heavy atom. The van der Waals surface area contributed by atoms with E-state index in [0.717, 1.165) is 25.7 Å². The predicted octanol–water partition coefficient (Wildman–Crippen LogP) is 4.78. The first-order chi connectivity index (χ1) is 10.7. The largest absolute Gasteiger partial charge is 0.513 e. The van der Waals surface area contributed by atoms with Crippen LogP contribution in [0.15, 0.2) is 60.7 Å². The van der Waals surface area contributed by atoms with Gasteiger partial charge in [-0.3, -0.25) is 0 Å². The van der Waals surface area contributed by atoms with E-state index < -0.39 is 7.75 Å². The minimum absolute atomic E-state index is 0.179. The maximum absolute atomic E-state index is 13.2. The summed E-state index contributed by atoms with van der Waals surface area (Å²) in [5.74, 6) is 1.07. The van der Waals surface area contributed by atoms with E-state index in [1.807, 2.05) is 36.4 Å². The molecular formula is C17H20NO3P. The summed E-state index contributed by atoms with van der Waals surface area (Å²) < 4.78 is 24.5. The first kappa shape index (κ1) is 15.1. The van der Waals surface area contributed by atoms with Crippen LogP contribution in [0.4, 0.5) is 0 Å². The van der Waals surface area contributed by atoms with Crippen LogP contribution in [0.2, 0.25) is 0 Å². The summed E-state index contributed by atoms with van der Waals surface area (Å²) in [6, 6.07) is 18.4. The van der Waals surface area contributed by atoms with Crippen LogP contribution in [0.5, 0.6) is 11.5 Å². The monoisotopic (exact) mass is 317 g/mol. The minimum atomic E-state index is -3.46. The van der Waals surface area contributed by atoms with Crippen molar-refractivity contribution in [3.05, 3.63) is 60.7 Å². The van der Waals surface area contributed by atoms with Gasteiger partial charge in [0.05, 0.1) is 0 Å². The van der Waals surface area contributed by atoms with E-state index in [1.165, 1.54) is 0 Å². The fraction of sp³-hybridized carbons (Fsp3) is 0.294. The molecule has 4 nitrogen and oxygen atoms in total. The van der Waals surface area contributed by atoms with Crippen LogP contribution in [0, 0.1) is 0 Å². The molecule has 1 N–H and O–H groups in total. The van der Waals surface area contributed by atoms with Gasteiger partial charge in [0.1, 0.15) is 11.5 Å². The Hall–Kier alpha value is -1.77. The Morgan fingerprint density at radius 3 is 1.73 bits per heavy atom. The molecule has 1 saturated carbocycles. The highest BCUT2D eigenvalue weighted by atomic mass is 31.2. The lowest BCUT2D eigenvalue weighted by molar-refractivity contribution is 0.360. The van der Waals surface area contributed by atoms with Crippen LogP contribution in [0.1, 0.15) is 25.7 Å². The number of nitrogens with one attached hydrogen (secondary N) is 1. The molecule has 0 radical (unpaired) electrons. The van der Waals surface area contributed by atoms with Crippen molar-refractivity contribution >= 4 is 7.75 Å². The Kier molecular flexibility index (Phi) is 4.81. The average Bonchev–Trinajstić information content (AvgIpc) is 3.01. The van der Waals surface area contributed by atoms with Gasteiger partial charge in [-0.05, 0) is 37.1 Å². The summed E-state index contributed by atoms with van der Waals surface area (Å²) >= 11 is 0. The minimum Gasteiger partial charge on any atom is -0.405 e. The molecule has 116 valence electrons. The van der Waals surface area contributed by atoms with E-state index >= 15 is 0 Å². The number of rotatable bonds is 6. The van der Waals surface area contributed by atoms with Crippen molar-refractivity contribution in [2.45, 2.75) is 31.7 Å². The third-order valence-corrected chi connectivity index (χ3v) is 5.22. The SMILES string of the molecule is O=P(NC1CCCC1)(Oc1ccccc1)Oc1ccccc1.